The van der Waals surface area contributed by atoms with Gasteiger partial charge in [0.05, 0.1) is 0 Å². The van der Waals surface area contributed by atoms with Crippen LogP contribution in [-0.2, 0) is 6.42 Å². The highest BCUT2D eigenvalue weighted by atomic mass is 14.0. The molecule has 0 bridgehead atoms. The first-order valence-corrected chi connectivity index (χ1v) is 5.00. The molecule has 0 heterocycles. The summed E-state index contributed by atoms with van der Waals surface area (Å²) in [6.45, 7) is 8.16. The predicted octanol–water partition coefficient (Wildman–Crippen LogP) is 3.98. The number of rotatable bonds is 4. The van der Waals surface area contributed by atoms with Crippen molar-refractivity contribution < 1.29 is 0 Å². The molecule has 0 aliphatic rings. The maximum absolute atomic E-state index is 3.81. The van der Waals surface area contributed by atoms with Crippen LogP contribution < -0.4 is 0 Å². The highest BCUT2D eigenvalue weighted by Crippen LogP contribution is 2.14. The summed E-state index contributed by atoms with van der Waals surface area (Å²) in [5.41, 5.74) is 4.02. The lowest BCUT2D eigenvalue weighted by atomic mass is 10.0. The van der Waals surface area contributed by atoms with E-state index in [1.54, 1.807) is 0 Å². The molecule has 0 nitrogen and oxygen atoms in total. The van der Waals surface area contributed by atoms with Gasteiger partial charge in [0.15, 0.2) is 0 Å². The Balaban J connectivity index is 2.80. The third kappa shape index (κ3) is 2.73. The average Bonchev–Trinajstić information content (AvgIpc) is 2.16. The summed E-state index contributed by atoms with van der Waals surface area (Å²) in [6, 6.07) is 6.65. The summed E-state index contributed by atoms with van der Waals surface area (Å²) in [6.07, 6.45) is 5.67. The van der Waals surface area contributed by atoms with Crippen molar-refractivity contribution in [3.63, 3.8) is 0 Å². The van der Waals surface area contributed by atoms with Gasteiger partial charge in [0, 0.05) is 0 Å². The van der Waals surface area contributed by atoms with Gasteiger partial charge in [-0.25, -0.2) is 0 Å². The fourth-order valence-corrected chi connectivity index (χ4v) is 1.45. The van der Waals surface area contributed by atoms with E-state index in [4.69, 9.17) is 0 Å². The van der Waals surface area contributed by atoms with Crippen molar-refractivity contribution in [3.05, 3.63) is 41.5 Å². The van der Waals surface area contributed by atoms with Crippen LogP contribution in [-0.4, -0.2) is 0 Å². The second kappa shape index (κ2) is 4.86. The first-order valence-electron chi connectivity index (χ1n) is 5.00. The summed E-state index contributed by atoms with van der Waals surface area (Å²) in [7, 11) is 0. The van der Waals surface area contributed by atoms with E-state index in [0.29, 0.717) is 0 Å². The van der Waals surface area contributed by atoms with Gasteiger partial charge >= 0.3 is 0 Å². The first-order chi connectivity index (χ1) is 6.27. The van der Waals surface area contributed by atoms with Crippen LogP contribution in [0.15, 0.2) is 24.8 Å². The summed E-state index contributed by atoms with van der Waals surface area (Å²) in [5.74, 6) is 0. The molecule has 1 rings (SSSR count). The lowest BCUT2D eigenvalue weighted by Crippen LogP contribution is -1.87. The Morgan fingerprint density at radius 1 is 1.38 bits per heavy atom. The van der Waals surface area contributed by atoms with E-state index < -0.39 is 0 Å². The second-order valence-electron chi connectivity index (χ2n) is 3.50. The van der Waals surface area contributed by atoms with Crippen LogP contribution >= 0.6 is 0 Å². The molecule has 70 valence electrons. The maximum atomic E-state index is 3.81. The Kier molecular flexibility index (Phi) is 3.75. The Bertz CT molecular complexity index is 284. The van der Waals surface area contributed by atoms with Crippen LogP contribution in [0.3, 0.4) is 0 Å². The van der Waals surface area contributed by atoms with Crippen LogP contribution in [0.25, 0.3) is 6.08 Å². The molecule has 0 aliphatic heterocycles. The molecule has 0 N–H and O–H groups in total. The van der Waals surface area contributed by atoms with Gasteiger partial charge in [-0.15, -0.1) is 0 Å². The van der Waals surface area contributed by atoms with Crippen molar-refractivity contribution in [2.75, 3.05) is 0 Å². The third-order valence-electron chi connectivity index (χ3n) is 2.38. The normalized spacial score (nSPS) is 10.0. The molecule has 0 saturated carbocycles. The SMILES string of the molecule is C=Cc1cc(CCCC)ccc1C. The molecule has 0 radical (unpaired) electrons. The minimum Gasteiger partial charge on any atom is -0.0985 e. The van der Waals surface area contributed by atoms with Crippen molar-refractivity contribution in [2.24, 2.45) is 0 Å². The van der Waals surface area contributed by atoms with E-state index in [1.807, 2.05) is 6.08 Å². The van der Waals surface area contributed by atoms with E-state index in [-0.39, 0.29) is 0 Å². The van der Waals surface area contributed by atoms with Gasteiger partial charge < -0.3 is 0 Å². The van der Waals surface area contributed by atoms with Crippen molar-refractivity contribution >= 4 is 6.08 Å². The van der Waals surface area contributed by atoms with Crippen molar-refractivity contribution in [3.8, 4) is 0 Å². The minimum absolute atomic E-state index is 1.19. The Labute approximate surface area is 81.3 Å². The molecule has 0 fully saturated rings. The third-order valence-corrected chi connectivity index (χ3v) is 2.38. The average molecular weight is 174 g/mol. The second-order valence-corrected chi connectivity index (χ2v) is 3.50. The minimum atomic E-state index is 1.19. The lowest BCUT2D eigenvalue weighted by Gasteiger charge is -2.04. The molecular formula is C13H18. The van der Waals surface area contributed by atoms with Crippen molar-refractivity contribution in [2.45, 2.75) is 33.1 Å². The van der Waals surface area contributed by atoms with Crippen LogP contribution in [0.2, 0.25) is 0 Å². The number of benzene rings is 1. The van der Waals surface area contributed by atoms with Crippen LogP contribution in [0, 0.1) is 6.92 Å². The van der Waals surface area contributed by atoms with E-state index in [2.05, 4.69) is 38.6 Å². The molecule has 0 atom stereocenters. The van der Waals surface area contributed by atoms with Crippen LogP contribution in [0.1, 0.15) is 36.5 Å². The van der Waals surface area contributed by atoms with Crippen molar-refractivity contribution in [1.82, 2.24) is 0 Å². The molecule has 0 saturated heterocycles. The van der Waals surface area contributed by atoms with Crippen LogP contribution in [0.4, 0.5) is 0 Å². The van der Waals surface area contributed by atoms with Crippen molar-refractivity contribution in [1.29, 1.82) is 0 Å². The standard InChI is InChI=1S/C13H18/c1-4-6-7-12-9-8-11(3)13(5-2)10-12/h5,8-10H,2,4,6-7H2,1,3H3. The number of hydrogen-bond donors (Lipinski definition) is 0. The van der Waals surface area contributed by atoms with Gasteiger partial charge in [-0.2, -0.15) is 0 Å². The monoisotopic (exact) mass is 174 g/mol. The Hall–Kier alpha value is -1.04. The Morgan fingerprint density at radius 2 is 2.15 bits per heavy atom. The summed E-state index contributed by atoms with van der Waals surface area (Å²) < 4.78 is 0. The van der Waals surface area contributed by atoms with Gasteiger partial charge in [-0.1, -0.05) is 44.2 Å². The zero-order chi connectivity index (χ0) is 9.68. The van der Waals surface area contributed by atoms with E-state index >= 15 is 0 Å². The number of aryl methyl sites for hydroxylation is 2. The molecule has 1 aromatic rings. The van der Waals surface area contributed by atoms with Gasteiger partial charge in [-0.3, -0.25) is 0 Å². The molecule has 0 unspecified atom stereocenters. The summed E-state index contributed by atoms with van der Waals surface area (Å²) in [4.78, 5) is 0. The molecule has 0 heteroatoms. The maximum Gasteiger partial charge on any atom is -0.0230 e. The number of unbranched alkanes of at least 4 members (excludes halogenated alkanes) is 1. The summed E-state index contributed by atoms with van der Waals surface area (Å²) in [5, 5.41) is 0. The van der Waals surface area contributed by atoms with E-state index in [9.17, 15) is 0 Å². The topological polar surface area (TPSA) is 0 Å². The quantitative estimate of drug-likeness (QED) is 0.647. The van der Waals surface area contributed by atoms with Crippen LogP contribution in [0.5, 0.6) is 0 Å². The van der Waals surface area contributed by atoms with Gasteiger partial charge in [0.25, 0.3) is 0 Å². The fourth-order valence-electron chi connectivity index (χ4n) is 1.45. The lowest BCUT2D eigenvalue weighted by molar-refractivity contribution is 0.795. The van der Waals surface area contributed by atoms with Gasteiger partial charge in [0.2, 0.25) is 0 Å². The molecule has 0 spiro atoms. The fraction of sp³-hybridized carbons (Fsp3) is 0.385. The molecule has 0 aliphatic carbocycles. The van der Waals surface area contributed by atoms with E-state index in [0.717, 1.165) is 0 Å². The smallest absolute Gasteiger partial charge is 0.0230 e. The summed E-state index contributed by atoms with van der Waals surface area (Å²) >= 11 is 0. The van der Waals surface area contributed by atoms with Gasteiger partial charge in [0.1, 0.15) is 0 Å². The number of hydrogen-bond acceptors (Lipinski definition) is 0. The predicted molar refractivity (Wildman–Crippen MR) is 59.9 cm³/mol. The molecule has 0 amide bonds. The molecular weight excluding hydrogens is 156 g/mol. The highest BCUT2D eigenvalue weighted by molar-refractivity contribution is 5.52. The van der Waals surface area contributed by atoms with E-state index in [1.165, 1.54) is 36.0 Å². The zero-order valence-electron chi connectivity index (χ0n) is 8.64. The first kappa shape index (κ1) is 10.0. The molecule has 13 heavy (non-hydrogen) atoms. The molecule has 1 aromatic carbocycles. The van der Waals surface area contributed by atoms with Gasteiger partial charge in [-0.05, 0) is 36.5 Å². The Morgan fingerprint density at radius 3 is 2.77 bits per heavy atom. The highest BCUT2D eigenvalue weighted by Gasteiger charge is 1.96. The molecule has 0 aromatic heterocycles. The largest absolute Gasteiger partial charge is 0.0985 e. The zero-order valence-corrected chi connectivity index (χ0v) is 8.64.